The van der Waals surface area contributed by atoms with Crippen LogP contribution in [0, 0.1) is 5.92 Å². The van der Waals surface area contributed by atoms with Crippen molar-refractivity contribution in [2.45, 2.75) is 13.8 Å². The number of nitrogen functional groups attached to an aromatic ring is 1. The summed E-state index contributed by atoms with van der Waals surface area (Å²) >= 11 is 0. The highest BCUT2D eigenvalue weighted by molar-refractivity contribution is 6.00. The van der Waals surface area contributed by atoms with E-state index in [-0.39, 0.29) is 5.75 Å². The Morgan fingerprint density at radius 2 is 2.18 bits per heavy atom. The molecule has 2 aromatic rings. The SMILES string of the molecule is CC(C)CNc1c(N)cnc2cccc(O)c12. The molecule has 0 atom stereocenters. The van der Waals surface area contributed by atoms with Gasteiger partial charge in [-0.1, -0.05) is 19.9 Å². The number of fused-ring (bicyclic) bond motifs is 1. The smallest absolute Gasteiger partial charge is 0.127 e. The van der Waals surface area contributed by atoms with Crippen LogP contribution in [0.25, 0.3) is 10.9 Å². The fourth-order valence-corrected chi connectivity index (χ4v) is 1.74. The predicted octanol–water partition coefficient (Wildman–Crippen LogP) is 2.59. The molecule has 0 spiro atoms. The minimum atomic E-state index is 0.202. The second kappa shape index (κ2) is 4.49. The normalized spacial score (nSPS) is 11.0. The van der Waals surface area contributed by atoms with Crippen molar-refractivity contribution >= 4 is 22.3 Å². The number of phenols is 1. The van der Waals surface area contributed by atoms with Gasteiger partial charge < -0.3 is 16.2 Å². The summed E-state index contributed by atoms with van der Waals surface area (Å²) < 4.78 is 0. The third-order valence-corrected chi connectivity index (χ3v) is 2.59. The van der Waals surface area contributed by atoms with Gasteiger partial charge in [-0.15, -0.1) is 0 Å². The Kier molecular flexibility index (Phi) is 3.04. The van der Waals surface area contributed by atoms with E-state index in [1.165, 1.54) is 0 Å². The van der Waals surface area contributed by atoms with E-state index in [1.54, 1.807) is 18.3 Å². The van der Waals surface area contributed by atoms with Crippen LogP contribution in [0.3, 0.4) is 0 Å². The van der Waals surface area contributed by atoms with Gasteiger partial charge in [0.1, 0.15) is 5.75 Å². The summed E-state index contributed by atoms with van der Waals surface area (Å²) in [5.74, 6) is 0.706. The third-order valence-electron chi connectivity index (χ3n) is 2.59. The van der Waals surface area contributed by atoms with Crippen LogP contribution in [0.5, 0.6) is 5.75 Å². The maximum absolute atomic E-state index is 9.91. The van der Waals surface area contributed by atoms with E-state index in [1.807, 2.05) is 6.07 Å². The van der Waals surface area contributed by atoms with Crippen LogP contribution in [-0.4, -0.2) is 16.6 Å². The van der Waals surface area contributed by atoms with E-state index in [4.69, 9.17) is 5.73 Å². The van der Waals surface area contributed by atoms with Crippen molar-refractivity contribution in [1.82, 2.24) is 4.98 Å². The van der Waals surface area contributed by atoms with Crippen molar-refractivity contribution in [2.75, 3.05) is 17.6 Å². The molecule has 90 valence electrons. The maximum Gasteiger partial charge on any atom is 0.127 e. The molecule has 0 bridgehead atoms. The molecule has 0 unspecified atom stereocenters. The molecule has 0 radical (unpaired) electrons. The van der Waals surface area contributed by atoms with Gasteiger partial charge in [0.15, 0.2) is 0 Å². The quantitative estimate of drug-likeness (QED) is 0.759. The highest BCUT2D eigenvalue weighted by atomic mass is 16.3. The number of benzene rings is 1. The number of aromatic nitrogens is 1. The number of hydrogen-bond donors (Lipinski definition) is 3. The number of pyridine rings is 1. The van der Waals surface area contributed by atoms with E-state index in [2.05, 4.69) is 24.1 Å². The van der Waals surface area contributed by atoms with Crippen molar-refractivity contribution in [1.29, 1.82) is 0 Å². The second-order valence-electron chi connectivity index (χ2n) is 4.53. The first-order valence-corrected chi connectivity index (χ1v) is 5.69. The van der Waals surface area contributed by atoms with Gasteiger partial charge in [-0.3, -0.25) is 4.98 Å². The molecular formula is C13H17N3O. The molecule has 2 rings (SSSR count). The topological polar surface area (TPSA) is 71.2 Å². The zero-order valence-corrected chi connectivity index (χ0v) is 10.1. The lowest BCUT2D eigenvalue weighted by molar-refractivity contribution is 0.481. The van der Waals surface area contributed by atoms with Crippen LogP contribution in [-0.2, 0) is 0 Å². The molecule has 0 aliphatic carbocycles. The first-order valence-electron chi connectivity index (χ1n) is 5.69. The molecule has 4 heteroatoms. The Balaban J connectivity index is 2.54. The van der Waals surface area contributed by atoms with Crippen molar-refractivity contribution in [3.63, 3.8) is 0 Å². The lowest BCUT2D eigenvalue weighted by Crippen LogP contribution is -2.10. The summed E-state index contributed by atoms with van der Waals surface area (Å²) in [5, 5.41) is 13.9. The van der Waals surface area contributed by atoms with Crippen LogP contribution in [0.1, 0.15) is 13.8 Å². The highest BCUT2D eigenvalue weighted by Gasteiger charge is 2.10. The van der Waals surface area contributed by atoms with Crippen molar-refractivity contribution in [3.8, 4) is 5.75 Å². The molecule has 4 N–H and O–H groups in total. The number of phenolic OH excluding ortho intramolecular Hbond substituents is 1. The summed E-state index contributed by atoms with van der Waals surface area (Å²) in [7, 11) is 0. The molecule has 17 heavy (non-hydrogen) atoms. The standard InChI is InChI=1S/C13H17N3O/c1-8(2)6-16-13-9(14)7-15-10-4-3-5-11(17)12(10)13/h3-5,7-8,17H,6,14H2,1-2H3,(H,15,16). The fourth-order valence-electron chi connectivity index (χ4n) is 1.74. The molecule has 1 aromatic heterocycles. The second-order valence-corrected chi connectivity index (χ2v) is 4.53. The highest BCUT2D eigenvalue weighted by Crippen LogP contribution is 2.34. The van der Waals surface area contributed by atoms with Gasteiger partial charge in [0, 0.05) is 6.54 Å². The van der Waals surface area contributed by atoms with E-state index >= 15 is 0 Å². The van der Waals surface area contributed by atoms with Gasteiger partial charge in [-0.2, -0.15) is 0 Å². The van der Waals surface area contributed by atoms with Gasteiger partial charge in [0.2, 0.25) is 0 Å². The van der Waals surface area contributed by atoms with Gasteiger partial charge in [0.05, 0.1) is 28.5 Å². The summed E-state index contributed by atoms with van der Waals surface area (Å²) in [5.41, 5.74) is 7.97. The number of nitrogens with two attached hydrogens (primary N) is 1. The molecule has 1 heterocycles. The number of rotatable bonds is 3. The maximum atomic E-state index is 9.91. The average molecular weight is 231 g/mol. The fraction of sp³-hybridized carbons (Fsp3) is 0.308. The number of nitrogens with one attached hydrogen (secondary N) is 1. The molecule has 0 saturated carbocycles. The van der Waals surface area contributed by atoms with Crippen LogP contribution >= 0.6 is 0 Å². The lowest BCUT2D eigenvalue weighted by atomic mass is 10.1. The summed E-state index contributed by atoms with van der Waals surface area (Å²) in [6.07, 6.45) is 1.62. The molecule has 0 fully saturated rings. The number of anilines is 2. The first-order chi connectivity index (χ1) is 8.09. The van der Waals surface area contributed by atoms with Gasteiger partial charge >= 0.3 is 0 Å². The van der Waals surface area contributed by atoms with Gasteiger partial charge in [-0.05, 0) is 18.1 Å². The van der Waals surface area contributed by atoms with Crippen molar-refractivity contribution in [2.24, 2.45) is 5.92 Å². The minimum absolute atomic E-state index is 0.202. The zero-order chi connectivity index (χ0) is 12.4. The number of hydrogen-bond acceptors (Lipinski definition) is 4. The summed E-state index contributed by atoms with van der Waals surface area (Å²) in [6, 6.07) is 5.27. The van der Waals surface area contributed by atoms with Crippen molar-refractivity contribution in [3.05, 3.63) is 24.4 Å². The largest absolute Gasteiger partial charge is 0.507 e. The van der Waals surface area contributed by atoms with E-state index in [9.17, 15) is 5.11 Å². The van der Waals surface area contributed by atoms with Crippen LogP contribution in [0.4, 0.5) is 11.4 Å². The predicted molar refractivity (Wildman–Crippen MR) is 71.1 cm³/mol. The Morgan fingerprint density at radius 1 is 1.41 bits per heavy atom. The van der Waals surface area contributed by atoms with E-state index in [0.29, 0.717) is 17.0 Å². The molecule has 0 aliphatic rings. The van der Waals surface area contributed by atoms with Crippen LogP contribution in [0.2, 0.25) is 0 Å². The summed E-state index contributed by atoms with van der Waals surface area (Å²) in [6.45, 7) is 5.04. The minimum Gasteiger partial charge on any atom is -0.507 e. The van der Waals surface area contributed by atoms with Gasteiger partial charge in [0.25, 0.3) is 0 Å². The Morgan fingerprint density at radius 3 is 2.88 bits per heavy atom. The third kappa shape index (κ3) is 2.25. The lowest BCUT2D eigenvalue weighted by Gasteiger charge is -2.14. The average Bonchev–Trinajstić information content (AvgIpc) is 2.28. The number of nitrogens with zero attached hydrogens (tertiary/aromatic N) is 1. The molecular weight excluding hydrogens is 214 g/mol. The monoisotopic (exact) mass is 231 g/mol. The molecule has 0 saturated heterocycles. The molecule has 0 aliphatic heterocycles. The Bertz CT molecular complexity index is 537. The van der Waals surface area contributed by atoms with E-state index < -0.39 is 0 Å². The zero-order valence-electron chi connectivity index (χ0n) is 10.1. The van der Waals surface area contributed by atoms with Crippen LogP contribution < -0.4 is 11.1 Å². The Hall–Kier alpha value is -1.97. The van der Waals surface area contributed by atoms with Crippen molar-refractivity contribution < 1.29 is 5.11 Å². The van der Waals surface area contributed by atoms with Gasteiger partial charge in [-0.25, -0.2) is 0 Å². The first kappa shape index (κ1) is 11.5. The molecule has 1 aromatic carbocycles. The summed E-state index contributed by atoms with van der Waals surface area (Å²) in [4.78, 5) is 4.20. The molecule has 4 nitrogen and oxygen atoms in total. The molecule has 0 amide bonds. The Labute approximate surface area is 100 Å². The van der Waals surface area contributed by atoms with Crippen LogP contribution in [0.15, 0.2) is 24.4 Å². The number of aromatic hydroxyl groups is 1. The van der Waals surface area contributed by atoms with E-state index in [0.717, 1.165) is 17.7 Å².